The molecule has 0 aromatic heterocycles. The largest absolute Gasteiger partial charge is 0.496 e. The number of nitrogens with zero attached hydrogens (tertiary/aromatic N) is 1. The van der Waals surface area contributed by atoms with Gasteiger partial charge in [-0.2, -0.15) is 0 Å². The summed E-state index contributed by atoms with van der Waals surface area (Å²) in [5.74, 6) is 1.08. The lowest BCUT2D eigenvalue weighted by atomic mass is 9.91. The van der Waals surface area contributed by atoms with E-state index < -0.39 is 0 Å². The van der Waals surface area contributed by atoms with Crippen molar-refractivity contribution in [2.24, 2.45) is 0 Å². The number of benzene rings is 1. The van der Waals surface area contributed by atoms with E-state index in [0.717, 1.165) is 5.75 Å². The fraction of sp³-hybridized carbons (Fsp3) is 0.538. The van der Waals surface area contributed by atoms with Gasteiger partial charge in [0.05, 0.1) is 7.11 Å². The van der Waals surface area contributed by atoms with Gasteiger partial charge in [-0.1, -0.05) is 6.07 Å². The van der Waals surface area contributed by atoms with Gasteiger partial charge in [0.25, 0.3) is 0 Å². The Balaban J connectivity index is 0.000000963. The molecule has 1 aromatic carbocycles. The Bertz CT molecular complexity index is 390. The molecule has 0 radical (unpaired) electrons. The van der Waals surface area contributed by atoms with Crippen LogP contribution in [0.1, 0.15) is 24.0 Å². The third kappa shape index (κ3) is 1.79. The third-order valence-electron chi connectivity index (χ3n) is 3.59. The van der Waals surface area contributed by atoms with Crippen molar-refractivity contribution in [1.29, 1.82) is 0 Å². The second kappa shape index (κ2) is 4.82. The van der Waals surface area contributed by atoms with Crippen LogP contribution in [0, 0.1) is 0 Å². The number of ether oxygens (including phenoxy) is 1. The predicted octanol–water partition coefficient (Wildman–Crippen LogP) is 3.01. The van der Waals surface area contributed by atoms with Gasteiger partial charge in [-0.05, 0) is 37.3 Å². The number of anilines is 1. The van der Waals surface area contributed by atoms with Crippen LogP contribution in [0.25, 0.3) is 0 Å². The van der Waals surface area contributed by atoms with E-state index in [2.05, 4.69) is 17.0 Å². The normalized spacial score (nSPS) is 17.4. The fourth-order valence-electron chi connectivity index (χ4n) is 2.94. The average molecular weight is 331 g/mol. The first-order valence-corrected chi connectivity index (χ1v) is 5.84. The van der Waals surface area contributed by atoms with Gasteiger partial charge in [0.2, 0.25) is 0 Å². The summed E-state index contributed by atoms with van der Waals surface area (Å²) in [6.07, 6.45) is 5.00. The Morgan fingerprint density at radius 2 is 1.88 bits per heavy atom. The molecule has 0 amide bonds. The molecule has 0 saturated heterocycles. The molecule has 16 heavy (non-hydrogen) atoms. The first-order chi connectivity index (χ1) is 7.40. The molecule has 2 aliphatic rings. The van der Waals surface area contributed by atoms with Crippen LogP contribution in [0.3, 0.4) is 0 Å². The number of rotatable bonds is 1. The van der Waals surface area contributed by atoms with Crippen LogP contribution in [-0.2, 0) is 12.8 Å². The van der Waals surface area contributed by atoms with Crippen molar-refractivity contribution in [1.82, 2.24) is 0 Å². The lowest BCUT2D eigenvalue weighted by molar-refractivity contribution is 0.407. The lowest BCUT2D eigenvalue weighted by Gasteiger charge is -2.37. The molecule has 0 bridgehead atoms. The van der Waals surface area contributed by atoms with Gasteiger partial charge in [-0.15, -0.1) is 24.0 Å². The Morgan fingerprint density at radius 3 is 2.62 bits per heavy atom. The van der Waals surface area contributed by atoms with Crippen molar-refractivity contribution in [2.75, 3.05) is 25.1 Å². The predicted molar refractivity (Wildman–Crippen MR) is 77.3 cm³/mol. The Kier molecular flexibility index (Phi) is 3.62. The molecule has 0 saturated carbocycles. The number of hydrogen-bond acceptors (Lipinski definition) is 2. The molecule has 0 atom stereocenters. The van der Waals surface area contributed by atoms with E-state index in [1.165, 1.54) is 55.6 Å². The zero-order valence-corrected chi connectivity index (χ0v) is 12.0. The first-order valence-electron chi connectivity index (χ1n) is 5.84. The molecule has 3 heteroatoms. The summed E-state index contributed by atoms with van der Waals surface area (Å²) in [4.78, 5) is 2.54. The quantitative estimate of drug-likeness (QED) is 0.734. The maximum Gasteiger partial charge on any atom is 0.124 e. The zero-order chi connectivity index (χ0) is 10.3. The third-order valence-corrected chi connectivity index (χ3v) is 3.59. The second-order valence-electron chi connectivity index (χ2n) is 4.45. The fourth-order valence-corrected chi connectivity index (χ4v) is 2.94. The average Bonchev–Trinajstić information content (AvgIpc) is 2.30. The van der Waals surface area contributed by atoms with Crippen molar-refractivity contribution >= 4 is 29.7 Å². The van der Waals surface area contributed by atoms with Gasteiger partial charge in [-0.3, -0.25) is 0 Å². The van der Waals surface area contributed by atoms with Crippen LogP contribution in [0.15, 0.2) is 12.1 Å². The van der Waals surface area contributed by atoms with Gasteiger partial charge in [-0.25, -0.2) is 0 Å². The topological polar surface area (TPSA) is 12.5 Å². The van der Waals surface area contributed by atoms with Crippen molar-refractivity contribution in [3.63, 3.8) is 0 Å². The van der Waals surface area contributed by atoms with Gasteiger partial charge in [0.1, 0.15) is 5.75 Å². The number of hydrogen-bond donors (Lipinski definition) is 0. The van der Waals surface area contributed by atoms with E-state index in [1.807, 2.05) is 0 Å². The highest BCUT2D eigenvalue weighted by Gasteiger charge is 2.25. The molecule has 0 N–H and O–H groups in total. The summed E-state index contributed by atoms with van der Waals surface area (Å²) in [6.45, 7) is 2.46. The van der Waals surface area contributed by atoms with Crippen LogP contribution >= 0.6 is 24.0 Å². The molecule has 3 rings (SSSR count). The van der Waals surface area contributed by atoms with Crippen molar-refractivity contribution < 1.29 is 4.74 Å². The van der Waals surface area contributed by atoms with Crippen LogP contribution < -0.4 is 9.64 Å². The monoisotopic (exact) mass is 331 g/mol. The number of aryl methyl sites for hydroxylation is 1. The maximum absolute atomic E-state index is 5.46. The highest BCUT2D eigenvalue weighted by Crippen LogP contribution is 2.39. The smallest absolute Gasteiger partial charge is 0.124 e. The SMILES string of the molecule is COc1ccc2c3c1CCCN3CCC2.I. The van der Waals surface area contributed by atoms with Crippen LogP contribution in [0.4, 0.5) is 5.69 Å². The molecule has 88 valence electrons. The van der Waals surface area contributed by atoms with Crippen molar-refractivity contribution in [2.45, 2.75) is 25.7 Å². The second-order valence-corrected chi connectivity index (χ2v) is 4.45. The maximum atomic E-state index is 5.46. The minimum Gasteiger partial charge on any atom is -0.496 e. The standard InChI is InChI=1S/C13H17NO.HI/c1-15-12-7-6-10-4-2-8-14-9-3-5-11(12)13(10)14;/h6-7H,2-5,8-9H2,1H3;1H. The van der Waals surface area contributed by atoms with E-state index >= 15 is 0 Å². The minimum atomic E-state index is 0. The zero-order valence-electron chi connectivity index (χ0n) is 9.66. The highest BCUT2D eigenvalue weighted by atomic mass is 127. The summed E-state index contributed by atoms with van der Waals surface area (Å²) in [5, 5.41) is 0. The minimum absolute atomic E-state index is 0. The molecule has 0 spiro atoms. The molecule has 0 fully saturated rings. The van der Waals surface area contributed by atoms with E-state index in [0.29, 0.717) is 0 Å². The Labute approximate surface area is 114 Å². The van der Waals surface area contributed by atoms with Crippen molar-refractivity contribution in [3.05, 3.63) is 23.3 Å². The summed E-state index contributed by atoms with van der Waals surface area (Å²) < 4.78 is 5.46. The van der Waals surface area contributed by atoms with E-state index in [-0.39, 0.29) is 24.0 Å². The number of halogens is 1. The molecular weight excluding hydrogens is 313 g/mol. The molecule has 0 aliphatic carbocycles. The summed E-state index contributed by atoms with van der Waals surface area (Å²) >= 11 is 0. The first kappa shape index (κ1) is 12.0. The summed E-state index contributed by atoms with van der Waals surface area (Å²) in [6, 6.07) is 4.39. The molecule has 1 aromatic rings. The molecular formula is C13H18INO. The molecule has 2 heterocycles. The molecule has 0 unspecified atom stereocenters. The number of methoxy groups -OCH3 is 1. The van der Waals surface area contributed by atoms with Gasteiger partial charge in [0, 0.05) is 24.3 Å². The van der Waals surface area contributed by atoms with Crippen LogP contribution in [-0.4, -0.2) is 20.2 Å². The summed E-state index contributed by atoms with van der Waals surface area (Å²) in [5.41, 5.74) is 4.46. The van der Waals surface area contributed by atoms with Crippen LogP contribution in [0.2, 0.25) is 0 Å². The Hall–Kier alpha value is -0.450. The lowest BCUT2D eigenvalue weighted by Crippen LogP contribution is -2.34. The Morgan fingerprint density at radius 1 is 1.12 bits per heavy atom. The van der Waals surface area contributed by atoms with E-state index in [4.69, 9.17) is 4.74 Å². The van der Waals surface area contributed by atoms with Gasteiger partial charge >= 0.3 is 0 Å². The van der Waals surface area contributed by atoms with Crippen LogP contribution in [0.5, 0.6) is 5.75 Å². The highest BCUT2D eigenvalue weighted by molar-refractivity contribution is 14.0. The molecule has 2 nitrogen and oxygen atoms in total. The van der Waals surface area contributed by atoms with E-state index in [1.54, 1.807) is 7.11 Å². The van der Waals surface area contributed by atoms with Gasteiger partial charge < -0.3 is 9.64 Å². The van der Waals surface area contributed by atoms with Crippen molar-refractivity contribution in [3.8, 4) is 5.75 Å². The molecule has 2 aliphatic heterocycles. The van der Waals surface area contributed by atoms with E-state index in [9.17, 15) is 0 Å². The summed E-state index contributed by atoms with van der Waals surface area (Å²) in [7, 11) is 1.78. The van der Waals surface area contributed by atoms with Gasteiger partial charge in [0.15, 0.2) is 0 Å².